The van der Waals surface area contributed by atoms with Crippen LogP contribution in [0.25, 0.3) is 0 Å². The van der Waals surface area contributed by atoms with Gasteiger partial charge in [0.1, 0.15) is 17.8 Å². The number of rotatable bonds is 2. The fourth-order valence-electron chi connectivity index (χ4n) is 3.40. The van der Waals surface area contributed by atoms with Crippen molar-refractivity contribution in [3.8, 4) is 0 Å². The molecule has 1 aromatic carbocycles. The molecule has 0 unspecified atom stereocenters. The van der Waals surface area contributed by atoms with E-state index in [1.807, 2.05) is 6.07 Å². The van der Waals surface area contributed by atoms with Crippen LogP contribution in [0.4, 0.5) is 0 Å². The summed E-state index contributed by atoms with van der Waals surface area (Å²) in [4.78, 5) is 9.56. The van der Waals surface area contributed by atoms with Crippen LogP contribution < -0.4 is 0 Å². The lowest BCUT2D eigenvalue weighted by Gasteiger charge is -2.09. The molecule has 3 nitrogen and oxygen atoms in total. The highest BCUT2D eigenvalue weighted by atomic mass is 16.5. The molecule has 3 heteroatoms. The molecule has 2 aromatic rings. The molecule has 21 heavy (non-hydrogen) atoms. The lowest BCUT2D eigenvalue weighted by Crippen LogP contribution is -2.14. The molecule has 0 saturated heterocycles. The molecule has 5 rings (SSSR count). The number of aliphatic imine (C=N–C) groups is 1. The van der Waals surface area contributed by atoms with Crippen molar-refractivity contribution in [1.29, 1.82) is 0 Å². The normalized spacial score (nSPS) is 26.0. The Balaban J connectivity index is 1.51. The first-order chi connectivity index (χ1) is 10.4. The largest absolute Gasteiger partial charge is 0.470 e. The number of hydrogen-bond acceptors (Lipinski definition) is 3. The molecule has 0 spiro atoms. The predicted octanol–water partition coefficient (Wildman–Crippen LogP) is 3.40. The smallest absolute Gasteiger partial charge is 0.236 e. The highest BCUT2D eigenvalue weighted by Crippen LogP contribution is 2.41. The van der Waals surface area contributed by atoms with Crippen LogP contribution in [-0.2, 0) is 11.2 Å². The minimum absolute atomic E-state index is 0.155. The van der Waals surface area contributed by atoms with Gasteiger partial charge in [-0.25, -0.2) is 9.98 Å². The van der Waals surface area contributed by atoms with Crippen LogP contribution in [0.5, 0.6) is 0 Å². The summed E-state index contributed by atoms with van der Waals surface area (Å²) < 4.78 is 6.10. The highest BCUT2D eigenvalue weighted by molar-refractivity contribution is 5.94. The van der Waals surface area contributed by atoms with Crippen LogP contribution in [0.2, 0.25) is 0 Å². The van der Waals surface area contributed by atoms with E-state index in [2.05, 4.69) is 36.4 Å². The van der Waals surface area contributed by atoms with Gasteiger partial charge in [-0.05, 0) is 36.1 Å². The molecule has 2 heterocycles. The minimum atomic E-state index is 0.155. The molecule has 104 valence electrons. The van der Waals surface area contributed by atoms with E-state index < -0.39 is 0 Å². The van der Waals surface area contributed by atoms with Gasteiger partial charge >= 0.3 is 0 Å². The maximum Gasteiger partial charge on any atom is 0.236 e. The maximum absolute atomic E-state index is 6.10. The Hall–Kier alpha value is -2.16. The topological polar surface area (TPSA) is 34.5 Å². The van der Waals surface area contributed by atoms with Gasteiger partial charge in [0.15, 0.2) is 0 Å². The second-order valence-electron chi connectivity index (χ2n) is 6.16. The summed E-state index contributed by atoms with van der Waals surface area (Å²) in [6, 6.07) is 14.9. The molecule has 1 fully saturated rings. The quantitative estimate of drug-likeness (QED) is 0.842. The van der Waals surface area contributed by atoms with Gasteiger partial charge in [0.25, 0.3) is 0 Å². The van der Waals surface area contributed by atoms with E-state index >= 15 is 0 Å². The standard InChI is InChI=1S/C18H16N2O/c1-2-5-13-12(4-1)10-16-17(13)20-18(21-16)15-7-3-6-14(19-15)11-8-9-11/h1-7,11,16-17H,8-10H2/t16-,17+/m0/s1. The fourth-order valence-corrected chi connectivity index (χ4v) is 3.40. The average molecular weight is 276 g/mol. The zero-order valence-electron chi connectivity index (χ0n) is 11.7. The van der Waals surface area contributed by atoms with Crippen molar-refractivity contribution < 1.29 is 4.74 Å². The third-order valence-electron chi connectivity index (χ3n) is 4.65. The third kappa shape index (κ3) is 1.80. The maximum atomic E-state index is 6.10. The summed E-state index contributed by atoms with van der Waals surface area (Å²) in [5.74, 6) is 1.38. The predicted molar refractivity (Wildman–Crippen MR) is 80.5 cm³/mol. The van der Waals surface area contributed by atoms with Crippen LogP contribution in [0.15, 0.2) is 47.5 Å². The molecule has 2 atom stereocenters. The Morgan fingerprint density at radius 1 is 1.00 bits per heavy atom. The molecule has 0 bridgehead atoms. The summed E-state index contributed by atoms with van der Waals surface area (Å²) in [5.41, 5.74) is 4.77. The van der Waals surface area contributed by atoms with Gasteiger partial charge in [-0.3, -0.25) is 0 Å². The van der Waals surface area contributed by atoms with Crippen LogP contribution in [0, 0.1) is 0 Å². The van der Waals surface area contributed by atoms with Crippen molar-refractivity contribution in [2.75, 3.05) is 0 Å². The van der Waals surface area contributed by atoms with Crippen molar-refractivity contribution >= 4 is 5.90 Å². The monoisotopic (exact) mass is 276 g/mol. The Bertz CT molecular complexity index is 748. The number of benzene rings is 1. The van der Waals surface area contributed by atoms with Gasteiger partial charge in [0.2, 0.25) is 5.90 Å². The lowest BCUT2D eigenvalue weighted by molar-refractivity contribution is 0.206. The Kier molecular flexibility index (Phi) is 2.28. The number of fused-ring (bicyclic) bond motifs is 3. The molecule has 1 aromatic heterocycles. The van der Waals surface area contributed by atoms with Gasteiger partial charge < -0.3 is 4.74 Å². The zero-order valence-corrected chi connectivity index (χ0v) is 11.7. The van der Waals surface area contributed by atoms with Crippen molar-refractivity contribution in [3.63, 3.8) is 0 Å². The van der Waals surface area contributed by atoms with Crippen molar-refractivity contribution in [2.45, 2.75) is 37.3 Å². The third-order valence-corrected chi connectivity index (χ3v) is 4.65. The van der Waals surface area contributed by atoms with Crippen molar-refractivity contribution in [3.05, 3.63) is 65.0 Å². The molecule has 2 aliphatic carbocycles. The van der Waals surface area contributed by atoms with Gasteiger partial charge in [0.05, 0.1) is 0 Å². The number of hydrogen-bond donors (Lipinski definition) is 0. The Morgan fingerprint density at radius 3 is 2.81 bits per heavy atom. The molecular formula is C18H16N2O. The zero-order chi connectivity index (χ0) is 13.8. The SMILES string of the molecule is c1cc(C2=N[C@@H]3c4ccccc4C[C@@H]3O2)nc(C2CC2)c1. The lowest BCUT2D eigenvalue weighted by atomic mass is 10.1. The summed E-state index contributed by atoms with van der Waals surface area (Å²) in [5, 5.41) is 0. The summed E-state index contributed by atoms with van der Waals surface area (Å²) >= 11 is 0. The Morgan fingerprint density at radius 2 is 1.90 bits per heavy atom. The van der Waals surface area contributed by atoms with E-state index in [1.165, 1.54) is 29.7 Å². The van der Waals surface area contributed by atoms with Crippen molar-refractivity contribution in [2.24, 2.45) is 4.99 Å². The van der Waals surface area contributed by atoms with E-state index in [0.717, 1.165) is 18.0 Å². The van der Waals surface area contributed by atoms with Crippen molar-refractivity contribution in [1.82, 2.24) is 4.98 Å². The molecular weight excluding hydrogens is 260 g/mol. The second-order valence-corrected chi connectivity index (χ2v) is 6.16. The first-order valence-electron chi connectivity index (χ1n) is 7.68. The van der Waals surface area contributed by atoms with Crippen LogP contribution in [0.3, 0.4) is 0 Å². The number of pyridine rings is 1. The first kappa shape index (κ1) is 11.5. The fraction of sp³-hybridized carbons (Fsp3) is 0.333. The van der Waals surface area contributed by atoms with E-state index in [4.69, 9.17) is 14.7 Å². The molecule has 1 aliphatic heterocycles. The van der Waals surface area contributed by atoms with Gasteiger partial charge in [0, 0.05) is 18.0 Å². The second kappa shape index (κ2) is 4.17. The van der Waals surface area contributed by atoms with E-state index in [-0.39, 0.29) is 12.1 Å². The van der Waals surface area contributed by atoms with E-state index in [1.54, 1.807) is 0 Å². The van der Waals surface area contributed by atoms with Crippen LogP contribution in [0.1, 0.15) is 47.3 Å². The molecule has 1 saturated carbocycles. The Labute approximate surface area is 123 Å². The first-order valence-corrected chi connectivity index (χ1v) is 7.68. The number of aromatic nitrogens is 1. The molecule has 0 N–H and O–H groups in total. The van der Waals surface area contributed by atoms with Gasteiger partial charge in [-0.15, -0.1) is 0 Å². The van der Waals surface area contributed by atoms with Crippen LogP contribution >= 0.6 is 0 Å². The highest BCUT2D eigenvalue weighted by Gasteiger charge is 2.39. The summed E-state index contributed by atoms with van der Waals surface area (Å²) in [6.45, 7) is 0. The minimum Gasteiger partial charge on any atom is -0.470 e. The van der Waals surface area contributed by atoms with Gasteiger partial charge in [-0.1, -0.05) is 30.3 Å². The summed E-state index contributed by atoms with van der Waals surface area (Å²) in [6.07, 6.45) is 3.64. The van der Waals surface area contributed by atoms with E-state index in [9.17, 15) is 0 Å². The molecule has 3 aliphatic rings. The molecule has 0 amide bonds. The van der Waals surface area contributed by atoms with Crippen LogP contribution in [-0.4, -0.2) is 17.0 Å². The molecule has 0 radical (unpaired) electrons. The average Bonchev–Trinajstić information content (AvgIpc) is 3.20. The summed E-state index contributed by atoms with van der Waals surface area (Å²) in [7, 11) is 0. The number of nitrogens with zero attached hydrogens (tertiary/aromatic N) is 2. The van der Waals surface area contributed by atoms with E-state index in [0.29, 0.717) is 5.92 Å². The van der Waals surface area contributed by atoms with Gasteiger partial charge in [-0.2, -0.15) is 0 Å². The number of ether oxygens (including phenoxy) is 1.